The first-order valence-corrected chi connectivity index (χ1v) is 14.5. The highest BCUT2D eigenvalue weighted by atomic mass is 28.4. The lowest BCUT2D eigenvalue weighted by molar-refractivity contribution is 0.119. The summed E-state index contributed by atoms with van der Waals surface area (Å²) in [7, 11) is -2.76. The molecule has 0 aliphatic carbocycles. The Hall–Kier alpha value is -1.42. The van der Waals surface area contributed by atoms with Crippen molar-refractivity contribution in [2.45, 2.75) is 97.5 Å². The van der Waals surface area contributed by atoms with Crippen LogP contribution < -0.4 is 10.4 Å². The summed E-state index contributed by atoms with van der Waals surface area (Å²) in [5, 5.41) is 2.44. The first-order chi connectivity index (χ1) is 15.3. The molecule has 0 spiro atoms. The highest BCUT2D eigenvalue weighted by Gasteiger charge is 2.44. The Kier molecular flexibility index (Phi) is 12.8. The highest BCUT2D eigenvalue weighted by molar-refractivity contribution is 6.92. The minimum absolute atomic E-state index is 0.232. The van der Waals surface area contributed by atoms with Crippen molar-refractivity contribution in [3.63, 3.8) is 0 Å². The Morgan fingerprint density at radius 1 is 0.645 bits per heavy atom. The van der Waals surface area contributed by atoms with Crippen LogP contribution in [0.2, 0.25) is 0 Å². The molecule has 2 nitrogen and oxygen atoms in total. The van der Waals surface area contributed by atoms with Gasteiger partial charge in [-0.05, 0) is 29.6 Å². The van der Waals surface area contributed by atoms with Gasteiger partial charge in [0.1, 0.15) is 0 Å². The molecule has 0 radical (unpaired) electrons. The van der Waals surface area contributed by atoms with E-state index in [1.54, 1.807) is 0 Å². The quantitative estimate of drug-likeness (QED) is 0.195. The van der Waals surface area contributed by atoms with E-state index < -0.39 is 8.56 Å². The molecule has 0 heterocycles. The lowest BCUT2D eigenvalue weighted by Gasteiger charge is -2.35. The lowest BCUT2D eigenvalue weighted by atomic mass is 10.1. The molecule has 0 bridgehead atoms. The fourth-order valence-corrected chi connectivity index (χ4v) is 7.63. The number of benzene rings is 2. The van der Waals surface area contributed by atoms with Crippen molar-refractivity contribution in [1.82, 2.24) is 0 Å². The van der Waals surface area contributed by atoms with Gasteiger partial charge in [-0.25, -0.2) is 0 Å². The highest BCUT2D eigenvalue weighted by Crippen LogP contribution is 2.18. The van der Waals surface area contributed by atoms with Crippen molar-refractivity contribution in [2.75, 3.05) is 6.61 Å². The Morgan fingerprint density at radius 3 is 1.65 bits per heavy atom. The number of hydrogen-bond acceptors (Lipinski definition) is 2. The average molecular weight is 441 g/mol. The average Bonchev–Trinajstić information content (AvgIpc) is 2.83. The molecule has 0 fully saturated rings. The monoisotopic (exact) mass is 440 g/mol. The SMILES string of the molecule is CCCCCCCCCCO[Si](OC(CC)CCC)(c1ccccc1)c1ccccc1. The predicted octanol–water partition coefficient (Wildman–Crippen LogP) is 7.00. The van der Waals surface area contributed by atoms with Crippen LogP contribution in [0.4, 0.5) is 0 Å². The second kappa shape index (κ2) is 15.4. The first-order valence-electron chi connectivity index (χ1n) is 12.7. The van der Waals surface area contributed by atoms with Crippen LogP contribution in [-0.4, -0.2) is 21.3 Å². The zero-order valence-electron chi connectivity index (χ0n) is 20.2. The van der Waals surface area contributed by atoms with E-state index in [2.05, 4.69) is 81.4 Å². The van der Waals surface area contributed by atoms with Crippen LogP contribution in [0.5, 0.6) is 0 Å². The van der Waals surface area contributed by atoms with Gasteiger partial charge in [-0.1, -0.05) is 133 Å². The maximum Gasteiger partial charge on any atom is 0.407 e. The molecule has 0 saturated carbocycles. The van der Waals surface area contributed by atoms with E-state index in [-0.39, 0.29) is 6.10 Å². The summed E-state index contributed by atoms with van der Waals surface area (Å²) in [6.45, 7) is 7.52. The van der Waals surface area contributed by atoms with Crippen molar-refractivity contribution < 1.29 is 8.85 Å². The summed E-state index contributed by atoms with van der Waals surface area (Å²) >= 11 is 0. The van der Waals surface area contributed by atoms with E-state index in [9.17, 15) is 0 Å². The van der Waals surface area contributed by atoms with Crippen LogP contribution >= 0.6 is 0 Å². The van der Waals surface area contributed by atoms with E-state index in [1.807, 2.05) is 0 Å². The van der Waals surface area contributed by atoms with Crippen molar-refractivity contribution in [1.29, 1.82) is 0 Å². The molecular formula is C28H44O2Si. The van der Waals surface area contributed by atoms with Gasteiger partial charge < -0.3 is 8.85 Å². The van der Waals surface area contributed by atoms with E-state index >= 15 is 0 Å². The predicted molar refractivity (Wildman–Crippen MR) is 137 cm³/mol. The van der Waals surface area contributed by atoms with Gasteiger partial charge in [0, 0.05) is 12.7 Å². The van der Waals surface area contributed by atoms with Crippen LogP contribution in [0.15, 0.2) is 60.7 Å². The molecule has 172 valence electrons. The minimum atomic E-state index is -2.76. The molecule has 0 aromatic heterocycles. The molecule has 2 aromatic carbocycles. The molecule has 0 saturated heterocycles. The number of unbranched alkanes of at least 4 members (excludes halogenated alkanes) is 7. The summed E-state index contributed by atoms with van der Waals surface area (Å²) in [5.74, 6) is 0. The second-order valence-electron chi connectivity index (χ2n) is 8.61. The number of hydrogen-bond donors (Lipinski definition) is 0. The molecule has 1 unspecified atom stereocenters. The van der Waals surface area contributed by atoms with Crippen molar-refractivity contribution in [3.05, 3.63) is 60.7 Å². The van der Waals surface area contributed by atoms with Crippen molar-refractivity contribution >= 4 is 18.9 Å². The van der Waals surface area contributed by atoms with Gasteiger partial charge in [-0.15, -0.1) is 0 Å². The van der Waals surface area contributed by atoms with Crippen molar-refractivity contribution in [2.24, 2.45) is 0 Å². The van der Waals surface area contributed by atoms with Gasteiger partial charge in [-0.2, -0.15) is 0 Å². The van der Waals surface area contributed by atoms with Crippen molar-refractivity contribution in [3.8, 4) is 0 Å². The summed E-state index contributed by atoms with van der Waals surface area (Å²) < 4.78 is 13.8. The van der Waals surface area contributed by atoms with Gasteiger partial charge >= 0.3 is 8.56 Å². The van der Waals surface area contributed by atoms with Gasteiger partial charge in [0.25, 0.3) is 0 Å². The van der Waals surface area contributed by atoms with Gasteiger partial charge in [-0.3, -0.25) is 0 Å². The topological polar surface area (TPSA) is 18.5 Å². The van der Waals surface area contributed by atoms with E-state index in [0.717, 1.165) is 32.3 Å². The third-order valence-corrected chi connectivity index (χ3v) is 9.47. The van der Waals surface area contributed by atoms with Crippen LogP contribution in [0, 0.1) is 0 Å². The molecule has 0 amide bonds. The first kappa shape index (κ1) is 25.8. The van der Waals surface area contributed by atoms with E-state index in [1.165, 1.54) is 55.3 Å². The number of rotatable bonds is 17. The van der Waals surface area contributed by atoms with Gasteiger partial charge in [0.05, 0.1) is 0 Å². The molecule has 0 N–H and O–H groups in total. The van der Waals surface area contributed by atoms with Gasteiger partial charge in [0.2, 0.25) is 0 Å². The third kappa shape index (κ3) is 8.55. The Morgan fingerprint density at radius 2 is 1.16 bits per heavy atom. The minimum Gasteiger partial charge on any atom is -0.388 e. The molecule has 2 aromatic rings. The molecule has 0 aliphatic rings. The molecular weight excluding hydrogens is 396 g/mol. The second-order valence-corrected chi connectivity index (χ2v) is 11.5. The Balaban J connectivity index is 2.12. The normalized spacial score (nSPS) is 12.7. The Labute approximate surface area is 192 Å². The summed E-state index contributed by atoms with van der Waals surface area (Å²) in [5.41, 5.74) is 0. The van der Waals surface area contributed by atoms with Crippen LogP contribution in [0.1, 0.15) is 91.4 Å². The Bertz CT molecular complexity index is 634. The maximum absolute atomic E-state index is 6.99. The zero-order chi connectivity index (χ0) is 22.2. The van der Waals surface area contributed by atoms with E-state index in [4.69, 9.17) is 8.85 Å². The summed E-state index contributed by atoms with van der Waals surface area (Å²) in [4.78, 5) is 0. The zero-order valence-corrected chi connectivity index (χ0v) is 21.2. The van der Waals surface area contributed by atoms with Crippen LogP contribution in [0.3, 0.4) is 0 Å². The van der Waals surface area contributed by atoms with Gasteiger partial charge in [0.15, 0.2) is 0 Å². The largest absolute Gasteiger partial charge is 0.407 e. The fraction of sp³-hybridized carbons (Fsp3) is 0.571. The summed E-state index contributed by atoms with van der Waals surface area (Å²) in [6, 6.07) is 21.4. The molecule has 1 atom stereocenters. The standard InChI is InChI=1S/C28H44O2Si/c1-4-7-8-9-10-11-12-19-25-29-31(27-21-15-13-16-22-27,28-23-17-14-18-24-28)30-26(6-3)20-5-2/h13-18,21-24,26H,4-12,19-20,25H2,1-3H3. The van der Waals surface area contributed by atoms with Crippen LogP contribution in [-0.2, 0) is 8.85 Å². The molecule has 3 heteroatoms. The smallest absolute Gasteiger partial charge is 0.388 e. The van der Waals surface area contributed by atoms with E-state index in [0.29, 0.717) is 0 Å². The molecule has 31 heavy (non-hydrogen) atoms. The lowest BCUT2D eigenvalue weighted by Crippen LogP contribution is -2.64. The molecule has 2 rings (SSSR count). The fourth-order valence-electron chi connectivity index (χ4n) is 4.17. The van der Waals surface area contributed by atoms with Crippen LogP contribution in [0.25, 0.3) is 0 Å². The maximum atomic E-state index is 6.99. The molecule has 0 aliphatic heterocycles. The third-order valence-electron chi connectivity index (χ3n) is 6.01. The summed E-state index contributed by atoms with van der Waals surface area (Å²) in [6.07, 6.45) is 13.9.